The fourth-order valence-electron chi connectivity index (χ4n) is 2.62. The Bertz CT molecular complexity index is 335. The Labute approximate surface area is 134 Å². The summed E-state index contributed by atoms with van der Waals surface area (Å²) in [6, 6.07) is -0.0918. The minimum atomic E-state index is -1.42. The van der Waals surface area contributed by atoms with E-state index < -0.39 is 4.33 Å². The highest BCUT2D eigenvalue weighted by Gasteiger charge is 2.52. The summed E-state index contributed by atoms with van der Waals surface area (Å²) in [6.07, 6.45) is 4.69. The van der Waals surface area contributed by atoms with Gasteiger partial charge in [-0.2, -0.15) is 0 Å². The molecule has 0 radical (unpaired) electrons. The summed E-state index contributed by atoms with van der Waals surface area (Å²) < 4.78 is 9.73. The van der Waals surface area contributed by atoms with E-state index >= 15 is 0 Å². The third-order valence-corrected chi connectivity index (χ3v) is 5.07. The number of amides is 1. The summed E-state index contributed by atoms with van der Waals surface area (Å²) in [4.78, 5) is 11.7. The van der Waals surface area contributed by atoms with Crippen molar-refractivity contribution in [1.82, 2.24) is 5.32 Å². The maximum atomic E-state index is 11.7. The van der Waals surface area contributed by atoms with Gasteiger partial charge in [0.05, 0.1) is 0 Å². The van der Waals surface area contributed by atoms with Crippen LogP contribution in [0, 0.1) is 5.92 Å². The highest BCUT2D eigenvalue weighted by molar-refractivity contribution is 6.59. The number of alkyl halides is 3. The van der Waals surface area contributed by atoms with Gasteiger partial charge in [-0.3, -0.25) is 4.79 Å². The smallest absolute Gasteiger partial charge is 0.257 e. The first kappa shape index (κ1) is 16.6. The molecule has 2 aliphatic heterocycles. The van der Waals surface area contributed by atoms with E-state index in [-0.39, 0.29) is 30.0 Å². The molecule has 2 rings (SSSR count). The number of rotatable bonds is 6. The molecule has 2 fully saturated rings. The molecular formula is C13H20Cl3NO3. The molecule has 116 valence electrons. The molecule has 0 aromatic heterocycles. The summed E-state index contributed by atoms with van der Waals surface area (Å²) in [5.74, 6) is -0.373. The van der Waals surface area contributed by atoms with E-state index in [0.717, 1.165) is 38.7 Å². The number of nitrogens with one attached hydrogen (secondary N) is 1. The lowest BCUT2D eigenvalue weighted by atomic mass is 9.98. The Kier molecular flexibility index (Phi) is 6.24. The lowest BCUT2D eigenvalue weighted by Crippen LogP contribution is -2.32. The molecule has 2 aliphatic rings. The predicted octanol–water partition coefficient (Wildman–Crippen LogP) is 2.84. The monoisotopic (exact) mass is 343 g/mol. The van der Waals surface area contributed by atoms with Crippen LogP contribution in [0.5, 0.6) is 0 Å². The van der Waals surface area contributed by atoms with Gasteiger partial charge in [-0.05, 0) is 32.1 Å². The summed E-state index contributed by atoms with van der Waals surface area (Å²) in [5, 5.41) is 2.81. The second-order valence-electron chi connectivity index (χ2n) is 5.27. The van der Waals surface area contributed by atoms with Crippen molar-refractivity contribution in [2.45, 2.75) is 48.8 Å². The Morgan fingerprint density at radius 2 is 2.20 bits per heavy atom. The molecule has 7 heteroatoms. The van der Waals surface area contributed by atoms with Gasteiger partial charge in [0.1, 0.15) is 0 Å². The molecule has 2 heterocycles. The number of halogens is 3. The third kappa shape index (κ3) is 3.92. The molecule has 0 saturated carbocycles. The molecule has 0 bridgehead atoms. The second kappa shape index (κ2) is 7.50. The van der Waals surface area contributed by atoms with Crippen molar-refractivity contribution in [3.8, 4) is 0 Å². The van der Waals surface area contributed by atoms with E-state index in [1.54, 1.807) is 0 Å². The average Bonchev–Trinajstić information content (AvgIpc) is 2.66. The number of ether oxygens (including phenoxy) is 2. The van der Waals surface area contributed by atoms with Crippen LogP contribution in [-0.2, 0) is 14.3 Å². The topological polar surface area (TPSA) is 47.6 Å². The van der Waals surface area contributed by atoms with Gasteiger partial charge in [0.15, 0.2) is 6.29 Å². The van der Waals surface area contributed by atoms with Crippen molar-refractivity contribution in [2.24, 2.45) is 5.92 Å². The zero-order chi connectivity index (χ0) is 14.6. The summed E-state index contributed by atoms with van der Waals surface area (Å²) in [6.45, 7) is 1.38. The quantitative estimate of drug-likeness (QED) is 0.595. The lowest BCUT2D eigenvalue weighted by Gasteiger charge is -2.24. The Morgan fingerprint density at radius 3 is 2.85 bits per heavy atom. The van der Waals surface area contributed by atoms with Crippen molar-refractivity contribution in [3.05, 3.63) is 0 Å². The zero-order valence-electron chi connectivity index (χ0n) is 11.2. The van der Waals surface area contributed by atoms with Gasteiger partial charge in [0.25, 0.3) is 5.91 Å². The van der Waals surface area contributed by atoms with Crippen LogP contribution in [0.4, 0.5) is 0 Å². The van der Waals surface area contributed by atoms with Crippen LogP contribution in [0.15, 0.2) is 0 Å². The largest absolute Gasteiger partial charge is 0.353 e. The van der Waals surface area contributed by atoms with Crippen molar-refractivity contribution in [2.75, 3.05) is 19.1 Å². The summed E-state index contributed by atoms with van der Waals surface area (Å²) in [7, 11) is 0. The van der Waals surface area contributed by atoms with E-state index in [4.69, 9.17) is 44.3 Å². The van der Waals surface area contributed by atoms with Crippen LogP contribution in [-0.4, -0.2) is 41.7 Å². The van der Waals surface area contributed by atoms with Crippen molar-refractivity contribution in [3.63, 3.8) is 0 Å². The van der Waals surface area contributed by atoms with Crippen molar-refractivity contribution >= 4 is 40.7 Å². The average molecular weight is 345 g/mol. The minimum Gasteiger partial charge on any atom is -0.353 e. The summed E-state index contributed by atoms with van der Waals surface area (Å²) >= 11 is 17.9. The number of carbonyl (C=O) groups excluding carboxylic acids is 1. The van der Waals surface area contributed by atoms with E-state index in [9.17, 15) is 4.79 Å². The molecule has 3 atom stereocenters. The van der Waals surface area contributed by atoms with E-state index in [1.165, 1.54) is 0 Å². The maximum absolute atomic E-state index is 11.7. The van der Waals surface area contributed by atoms with Crippen molar-refractivity contribution < 1.29 is 14.3 Å². The first-order valence-corrected chi connectivity index (χ1v) is 8.32. The highest BCUT2D eigenvalue weighted by Crippen LogP contribution is 2.40. The van der Waals surface area contributed by atoms with Crippen LogP contribution in [0.1, 0.15) is 32.1 Å². The zero-order valence-corrected chi connectivity index (χ0v) is 13.5. The van der Waals surface area contributed by atoms with Crippen molar-refractivity contribution in [1.29, 1.82) is 0 Å². The van der Waals surface area contributed by atoms with E-state index in [1.807, 2.05) is 0 Å². The third-order valence-electron chi connectivity index (χ3n) is 3.84. The maximum Gasteiger partial charge on any atom is 0.257 e. The first-order chi connectivity index (χ1) is 9.55. The lowest BCUT2D eigenvalue weighted by molar-refractivity contribution is -0.163. The molecule has 0 spiro atoms. The molecule has 0 aliphatic carbocycles. The summed E-state index contributed by atoms with van der Waals surface area (Å²) in [5.41, 5.74) is 0. The van der Waals surface area contributed by atoms with Crippen LogP contribution in [0.3, 0.4) is 0 Å². The van der Waals surface area contributed by atoms with Gasteiger partial charge in [-0.25, -0.2) is 0 Å². The predicted molar refractivity (Wildman–Crippen MR) is 79.4 cm³/mol. The SMILES string of the molecule is O=C1NC(CCCOC2CCCCO2)C(CCl)C1(Cl)Cl. The Hall–Kier alpha value is 0.260. The van der Waals surface area contributed by atoms with Crippen LogP contribution < -0.4 is 5.32 Å². The molecule has 0 aromatic carbocycles. The Morgan fingerprint density at radius 1 is 1.40 bits per heavy atom. The van der Waals surface area contributed by atoms with Crippen LogP contribution in [0.2, 0.25) is 0 Å². The molecule has 1 amide bonds. The standard InChI is InChI=1S/C13H20Cl3NO3/c14-8-9-10(17-12(18)13(9,15)16)4-3-7-20-11-5-1-2-6-19-11/h9-11H,1-8H2,(H,17,18). The fourth-order valence-corrected chi connectivity index (χ4v) is 3.80. The molecule has 3 unspecified atom stereocenters. The van der Waals surface area contributed by atoms with Crippen LogP contribution in [0.25, 0.3) is 0 Å². The fraction of sp³-hybridized carbons (Fsp3) is 0.923. The highest BCUT2D eigenvalue weighted by atomic mass is 35.5. The van der Waals surface area contributed by atoms with Gasteiger partial charge in [-0.15, -0.1) is 11.6 Å². The number of hydrogen-bond acceptors (Lipinski definition) is 3. The molecule has 20 heavy (non-hydrogen) atoms. The first-order valence-electron chi connectivity index (χ1n) is 7.03. The minimum absolute atomic E-state index is 0.0779. The Balaban J connectivity index is 1.69. The molecule has 0 aromatic rings. The van der Waals surface area contributed by atoms with Gasteiger partial charge in [-0.1, -0.05) is 23.2 Å². The normalized spacial score (nSPS) is 33.1. The van der Waals surface area contributed by atoms with Gasteiger partial charge >= 0.3 is 0 Å². The molecule has 2 saturated heterocycles. The number of hydrogen-bond donors (Lipinski definition) is 1. The molecular weight excluding hydrogens is 325 g/mol. The molecule has 4 nitrogen and oxygen atoms in total. The van der Waals surface area contributed by atoms with E-state index in [2.05, 4.69) is 5.32 Å². The van der Waals surface area contributed by atoms with Crippen LogP contribution >= 0.6 is 34.8 Å². The molecule has 1 N–H and O–H groups in total. The van der Waals surface area contributed by atoms with Gasteiger partial charge < -0.3 is 14.8 Å². The van der Waals surface area contributed by atoms with Gasteiger partial charge in [0.2, 0.25) is 4.33 Å². The number of carbonyl (C=O) groups is 1. The van der Waals surface area contributed by atoms with E-state index in [0.29, 0.717) is 6.61 Å². The second-order valence-corrected chi connectivity index (χ2v) is 6.97. The van der Waals surface area contributed by atoms with Gasteiger partial charge in [0, 0.05) is 31.1 Å².